The summed E-state index contributed by atoms with van der Waals surface area (Å²) in [7, 11) is 1.62. The third kappa shape index (κ3) is 2.97. The lowest BCUT2D eigenvalue weighted by atomic mass is 10.1. The van der Waals surface area contributed by atoms with Crippen LogP contribution in [0.15, 0.2) is 35.1 Å². The van der Waals surface area contributed by atoms with E-state index >= 15 is 0 Å². The van der Waals surface area contributed by atoms with Crippen molar-refractivity contribution in [2.75, 3.05) is 7.11 Å². The Morgan fingerprint density at radius 1 is 1.38 bits per heavy atom. The molecule has 0 fully saturated rings. The molecule has 21 heavy (non-hydrogen) atoms. The summed E-state index contributed by atoms with van der Waals surface area (Å²) < 4.78 is 10.7. The normalized spacial score (nSPS) is 11.0. The number of aryl methyl sites for hydroxylation is 1. The van der Waals surface area contributed by atoms with Crippen LogP contribution in [0, 0.1) is 6.92 Å². The van der Waals surface area contributed by atoms with Gasteiger partial charge in [0.15, 0.2) is 0 Å². The molecule has 4 nitrogen and oxygen atoms in total. The maximum atomic E-state index is 12.2. The molecule has 0 N–H and O–H groups in total. The van der Waals surface area contributed by atoms with Crippen LogP contribution in [0.5, 0.6) is 5.75 Å². The molecule has 0 unspecified atom stereocenters. The van der Waals surface area contributed by atoms with Gasteiger partial charge in [0, 0.05) is 34.5 Å². The van der Waals surface area contributed by atoms with Crippen molar-refractivity contribution in [3.05, 3.63) is 46.1 Å². The summed E-state index contributed by atoms with van der Waals surface area (Å²) in [6.07, 6.45) is 4.18. The molecule has 0 saturated heterocycles. The average molecular weight is 301 g/mol. The Kier molecular flexibility index (Phi) is 3.75. The van der Waals surface area contributed by atoms with E-state index in [2.05, 4.69) is 4.98 Å². The van der Waals surface area contributed by atoms with E-state index in [9.17, 15) is 4.79 Å². The number of methoxy groups -OCH3 is 1. The molecule has 0 atom stereocenters. The third-order valence-corrected chi connectivity index (χ3v) is 4.18. The second-order valence-corrected chi connectivity index (χ2v) is 6.20. The van der Waals surface area contributed by atoms with Gasteiger partial charge in [-0.1, -0.05) is 0 Å². The van der Waals surface area contributed by atoms with Crippen molar-refractivity contribution in [3.8, 4) is 5.75 Å². The van der Waals surface area contributed by atoms with Crippen molar-refractivity contribution in [1.82, 2.24) is 4.98 Å². The standard InChI is InChI=1S/C16H15NO3S/c1-10-8-17-16(21-10)6-12(18)5-11-9-20-15-7-13(19-2)3-4-14(11)15/h3-4,7-9H,5-6H2,1-2H3. The zero-order chi connectivity index (χ0) is 14.8. The Hall–Kier alpha value is -2.14. The number of ether oxygens (including phenoxy) is 1. The second-order valence-electron chi connectivity index (χ2n) is 4.88. The fourth-order valence-corrected chi connectivity index (χ4v) is 3.07. The van der Waals surface area contributed by atoms with E-state index in [1.54, 1.807) is 30.9 Å². The highest BCUT2D eigenvalue weighted by Gasteiger charge is 2.13. The predicted molar refractivity (Wildman–Crippen MR) is 82.0 cm³/mol. The van der Waals surface area contributed by atoms with Gasteiger partial charge in [-0.15, -0.1) is 11.3 Å². The van der Waals surface area contributed by atoms with Gasteiger partial charge < -0.3 is 9.15 Å². The number of fused-ring (bicyclic) bond motifs is 1. The van der Waals surface area contributed by atoms with Gasteiger partial charge in [-0.25, -0.2) is 4.98 Å². The number of hydrogen-bond acceptors (Lipinski definition) is 5. The summed E-state index contributed by atoms with van der Waals surface area (Å²) in [5, 5.41) is 1.83. The molecule has 0 aliphatic heterocycles. The lowest BCUT2D eigenvalue weighted by molar-refractivity contribution is -0.117. The van der Waals surface area contributed by atoms with Crippen LogP contribution in [0.2, 0.25) is 0 Å². The van der Waals surface area contributed by atoms with Crippen LogP contribution in [0.1, 0.15) is 15.4 Å². The van der Waals surface area contributed by atoms with E-state index in [0.29, 0.717) is 12.8 Å². The summed E-state index contributed by atoms with van der Waals surface area (Å²) in [4.78, 5) is 17.5. The van der Waals surface area contributed by atoms with Crippen LogP contribution in [-0.2, 0) is 17.6 Å². The minimum Gasteiger partial charge on any atom is -0.497 e. The van der Waals surface area contributed by atoms with Crippen LogP contribution in [0.4, 0.5) is 0 Å². The molecule has 0 aliphatic rings. The van der Waals surface area contributed by atoms with E-state index in [-0.39, 0.29) is 5.78 Å². The first-order valence-corrected chi connectivity index (χ1v) is 7.44. The zero-order valence-corrected chi connectivity index (χ0v) is 12.7. The van der Waals surface area contributed by atoms with E-state index < -0.39 is 0 Å². The number of ketones is 1. The van der Waals surface area contributed by atoms with Gasteiger partial charge in [-0.05, 0) is 19.1 Å². The van der Waals surface area contributed by atoms with Gasteiger partial charge in [0.25, 0.3) is 0 Å². The third-order valence-electron chi connectivity index (χ3n) is 3.27. The predicted octanol–water partition coefficient (Wildman–Crippen LogP) is 3.56. The molecule has 0 aliphatic carbocycles. The van der Waals surface area contributed by atoms with Gasteiger partial charge in [0.1, 0.15) is 22.1 Å². The van der Waals surface area contributed by atoms with Crippen molar-refractivity contribution in [1.29, 1.82) is 0 Å². The molecule has 0 amide bonds. The first-order chi connectivity index (χ1) is 10.2. The van der Waals surface area contributed by atoms with Gasteiger partial charge in [0.05, 0.1) is 19.8 Å². The molecule has 0 bridgehead atoms. The van der Waals surface area contributed by atoms with Gasteiger partial charge in [-0.3, -0.25) is 4.79 Å². The molecular weight excluding hydrogens is 286 g/mol. The first-order valence-electron chi connectivity index (χ1n) is 6.63. The van der Waals surface area contributed by atoms with E-state index in [4.69, 9.17) is 9.15 Å². The van der Waals surface area contributed by atoms with Crippen LogP contribution in [0.25, 0.3) is 11.0 Å². The minimum absolute atomic E-state index is 0.142. The fraction of sp³-hybridized carbons (Fsp3) is 0.250. The molecule has 3 aromatic rings. The van der Waals surface area contributed by atoms with Gasteiger partial charge in [0.2, 0.25) is 0 Å². The van der Waals surface area contributed by atoms with Crippen LogP contribution in [0.3, 0.4) is 0 Å². The largest absolute Gasteiger partial charge is 0.497 e. The van der Waals surface area contributed by atoms with E-state index in [0.717, 1.165) is 32.2 Å². The molecule has 0 radical (unpaired) electrons. The maximum absolute atomic E-state index is 12.2. The fourth-order valence-electron chi connectivity index (χ4n) is 2.25. The lowest BCUT2D eigenvalue weighted by Crippen LogP contribution is -2.05. The maximum Gasteiger partial charge on any atom is 0.144 e. The monoisotopic (exact) mass is 301 g/mol. The Morgan fingerprint density at radius 3 is 2.95 bits per heavy atom. The molecule has 2 heterocycles. The smallest absolute Gasteiger partial charge is 0.144 e. The number of Topliss-reactive ketones (excluding diaryl/α,β-unsaturated/α-hetero) is 1. The molecule has 108 valence electrons. The summed E-state index contributed by atoms with van der Waals surface area (Å²) in [5.41, 5.74) is 1.65. The molecule has 1 aromatic carbocycles. The average Bonchev–Trinajstić information content (AvgIpc) is 3.05. The molecular formula is C16H15NO3S. The Labute approximate surface area is 126 Å². The zero-order valence-electron chi connectivity index (χ0n) is 11.9. The van der Waals surface area contributed by atoms with E-state index in [1.807, 2.05) is 25.1 Å². The summed E-state index contributed by atoms with van der Waals surface area (Å²) in [6, 6.07) is 5.62. The quantitative estimate of drug-likeness (QED) is 0.723. The van der Waals surface area contributed by atoms with Crippen molar-refractivity contribution in [2.45, 2.75) is 19.8 Å². The number of carbonyl (C=O) groups excluding carboxylic acids is 1. The number of hydrogen-bond donors (Lipinski definition) is 0. The molecule has 0 saturated carbocycles. The van der Waals surface area contributed by atoms with Crippen LogP contribution in [-0.4, -0.2) is 17.9 Å². The number of nitrogens with zero attached hydrogens (tertiary/aromatic N) is 1. The van der Waals surface area contributed by atoms with Crippen molar-refractivity contribution in [3.63, 3.8) is 0 Å². The SMILES string of the molecule is COc1ccc2c(CC(=O)Cc3ncc(C)s3)coc2c1. The number of carbonyl (C=O) groups is 1. The number of furan rings is 1. The Morgan fingerprint density at radius 2 is 2.24 bits per heavy atom. The molecule has 0 spiro atoms. The number of benzene rings is 1. The number of thiazole rings is 1. The second kappa shape index (κ2) is 5.69. The van der Waals surface area contributed by atoms with Crippen molar-refractivity contribution >= 4 is 28.1 Å². The highest BCUT2D eigenvalue weighted by Crippen LogP contribution is 2.26. The topological polar surface area (TPSA) is 52.3 Å². The molecule has 3 rings (SSSR count). The Balaban J connectivity index is 1.76. The highest BCUT2D eigenvalue weighted by atomic mass is 32.1. The van der Waals surface area contributed by atoms with E-state index in [1.165, 1.54) is 0 Å². The summed E-state index contributed by atoms with van der Waals surface area (Å²) in [5.74, 6) is 0.885. The highest BCUT2D eigenvalue weighted by molar-refractivity contribution is 7.11. The minimum atomic E-state index is 0.142. The summed E-state index contributed by atoms with van der Waals surface area (Å²) in [6.45, 7) is 1.99. The van der Waals surface area contributed by atoms with Gasteiger partial charge in [-0.2, -0.15) is 0 Å². The first kappa shape index (κ1) is 13.8. The van der Waals surface area contributed by atoms with Crippen molar-refractivity contribution < 1.29 is 13.9 Å². The van der Waals surface area contributed by atoms with Crippen LogP contribution >= 0.6 is 11.3 Å². The molecule has 5 heteroatoms. The Bertz CT molecular complexity index is 788. The number of rotatable bonds is 5. The number of aromatic nitrogens is 1. The summed E-state index contributed by atoms with van der Waals surface area (Å²) >= 11 is 1.57. The lowest BCUT2D eigenvalue weighted by Gasteiger charge is -1.99. The molecule has 2 aromatic heterocycles. The van der Waals surface area contributed by atoms with Gasteiger partial charge >= 0.3 is 0 Å². The van der Waals surface area contributed by atoms with Crippen molar-refractivity contribution in [2.24, 2.45) is 0 Å². The van der Waals surface area contributed by atoms with Crippen LogP contribution < -0.4 is 4.74 Å².